The average molecular weight is 216 g/mol. The third-order valence-electron chi connectivity index (χ3n) is 2.60. The summed E-state index contributed by atoms with van der Waals surface area (Å²) in [7, 11) is 0. The molecule has 1 aromatic carbocycles. The fourth-order valence-corrected chi connectivity index (χ4v) is 1.82. The molecule has 0 amide bonds. The van der Waals surface area contributed by atoms with Crippen LogP contribution in [0.2, 0.25) is 0 Å². The van der Waals surface area contributed by atoms with Crippen molar-refractivity contribution in [3.8, 4) is 0 Å². The van der Waals surface area contributed by atoms with E-state index in [1.807, 2.05) is 24.3 Å². The van der Waals surface area contributed by atoms with Crippen molar-refractivity contribution in [3.05, 3.63) is 48.6 Å². The molecular formula is C15H20O. The molecule has 0 saturated carbocycles. The van der Waals surface area contributed by atoms with Crippen molar-refractivity contribution in [1.29, 1.82) is 0 Å². The Hall–Kier alpha value is -1.37. The summed E-state index contributed by atoms with van der Waals surface area (Å²) in [5, 5.41) is 0. The standard InChI is InChI=1S/C15H20O/c1-4-13(11-15(16)10-12(2)3)14-8-6-5-7-9-14/h4-9,12-13H,1,10-11H2,2-3H3. The normalized spacial score (nSPS) is 12.4. The van der Waals surface area contributed by atoms with Gasteiger partial charge in [0.15, 0.2) is 0 Å². The highest BCUT2D eigenvalue weighted by Gasteiger charge is 2.13. The van der Waals surface area contributed by atoms with Gasteiger partial charge in [-0.15, -0.1) is 6.58 Å². The van der Waals surface area contributed by atoms with Crippen LogP contribution in [0.25, 0.3) is 0 Å². The second kappa shape index (κ2) is 6.26. The highest BCUT2D eigenvalue weighted by Crippen LogP contribution is 2.22. The molecule has 1 aromatic rings. The molecule has 0 aliphatic carbocycles. The van der Waals surface area contributed by atoms with Gasteiger partial charge in [-0.2, -0.15) is 0 Å². The molecule has 0 heterocycles. The van der Waals surface area contributed by atoms with Gasteiger partial charge < -0.3 is 0 Å². The minimum atomic E-state index is 0.160. The molecule has 0 aromatic heterocycles. The molecule has 0 bridgehead atoms. The van der Waals surface area contributed by atoms with Gasteiger partial charge in [-0.1, -0.05) is 50.3 Å². The van der Waals surface area contributed by atoms with Crippen molar-refractivity contribution in [2.24, 2.45) is 5.92 Å². The summed E-state index contributed by atoms with van der Waals surface area (Å²) in [5.74, 6) is 0.921. The van der Waals surface area contributed by atoms with Gasteiger partial charge in [0, 0.05) is 18.8 Å². The lowest BCUT2D eigenvalue weighted by Gasteiger charge is -2.12. The van der Waals surface area contributed by atoms with E-state index in [1.165, 1.54) is 5.56 Å². The Morgan fingerprint density at radius 1 is 1.25 bits per heavy atom. The number of benzene rings is 1. The zero-order valence-corrected chi connectivity index (χ0v) is 10.1. The number of rotatable bonds is 6. The molecular weight excluding hydrogens is 196 g/mol. The van der Waals surface area contributed by atoms with E-state index < -0.39 is 0 Å². The highest BCUT2D eigenvalue weighted by atomic mass is 16.1. The second-order valence-corrected chi connectivity index (χ2v) is 4.59. The van der Waals surface area contributed by atoms with Crippen molar-refractivity contribution in [2.45, 2.75) is 32.6 Å². The molecule has 1 nitrogen and oxygen atoms in total. The maximum Gasteiger partial charge on any atom is 0.134 e. The van der Waals surface area contributed by atoms with Crippen LogP contribution in [0.3, 0.4) is 0 Å². The Kier molecular flexibility index (Phi) is 4.97. The minimum absolute atomic E-state index is 0.160. The van der Waals surface area contributed by atoms with Gasteiger partial charge in [-0.05, 0) is 11.5 Å². The third kappa shape index (κ3) is 4.01. The number of hydrogen-bond acceptors (Lipinski definition) is 1. The smallest absolute Gasteiger partial charge is 0.134 e. The van der Waals surface area contributed by atoms with Gasteiger partial charge in [0.05, 0.1) is 0 Å². The largest absolute Gasteiger partial charge is 0.300 e. The lowest BCUT2D eigenvalue weighted by Crippen LogP contribution is -2.07. The summed E-state index contributed by atoms with van der Waals surface area (Å²) < 4.78 is 0. The van der Waals surface area contributed by atoms with Gasteiger partial charge in [0.25, 0.3) is 0 Å². The van der Waals surface area contributed by atoms with Crippen molar-refractivity contribution in [1.82, 2.24) is 0 Å². The Balaban J connectivity index is 2.63. The van der Waals surface area contributed by atoms with Crippen LogP contribution in [0.4, 0.5) is 0 Å². The SMILES string of the molecule is C=CC(CC(=O)CC(C)C)c1ccccc1. The molecule has 1 rings (SSSR count). The van der Waals surface area contributed by atoms with Crippen LogP contribution in [0.1, 0.15) is 38.2 Å². The average Bonchev–Trinajstić information content (AvgIpc) is 2.26. The first kappa shape index (κ1) is 12.7. The monoisotopic (exact) mass is 216 g/mol. The Morgan fingerprint density at radius 3 is 2.38 bits per heavy atom. The first-order valence-electron chi connectivity index (χ1n) is 5.82. The molecule has 1 heteroatoms. The summed E-state index contributed by atoms with van der Waals surface area (Å²) in [5.41, 5.74) is 1.18. The fraction of sp³-hybridized carbons (Fsp3) is 0.400. The minimum Gasteiger partial charge on any atom is -0.300 e. The van der Waals surface area contributed by atoms with E-state index in [0.717, 1.165) is 0 Å². The van der Waals surface area contributed by atoms with E-state index in [0.29, 0.717) is 24.5 Å². The first-order valence-corrected chi connectivity index (χ1v) is 5.82. The van der Waals surface area contributed by atoms with Gasteiger partial charge in [0.1, 0.15) is 5.78 Å². The molecule has 0 radical (unpaired) electrons. The molecule has 0 aliphatic rings. The van der Waals surface area contributed by atoms with Crippen LogP contribution in [0.15, 0.2) is 43.0 Å². The van der Waals surface area contributed by atoms with Crippen molar-refractivity contribution < 1.29 is 4.79 Å². The molecule has 86 valence electrons. The number of ketones is 1. The Morgan fingerprint density at radius 2 is 1.88 bits per heavy atom. The van der Waals surface area contributed by atoms with Crippen molar-refractivity contribution in [3.63, 3.8) is 0 Å². The predicted molar refractivity (Wildman–Crippen MR) is 68.5 cm³/mol. The summed E-state index contributed by atoms with van der Waals surface area (Å²) in [6, 6.07) is 10.1. The first-order chi connectivity index (χ1) is 7.63. The third-order valence-corrected chi connectivity index (χ3v) is 2.60. The molecule has 1 unspecified atom stereocenters. The van der Waals surface area contributed by atoms with Crippen LogP contribution >= 0.6 is 0 Å². The lowest BCUT2D eigenvalue weighted by molar-refractivity contribution is -0.119. The topological polar surface area (TPSA) is 17.1 Å². The maximum atomic E-state index is 11.7. The summed E-state index contributed by atoms with van der Waals surface area (Å²) in [6.07, 6.45) is 3.11. The van der Waals surface area contributed by atoms with E-state index in [1.54, 1.807) is 0 Å². The van der Waals surface area contributed by atoms with Crippen LogP contribution in [-0.4, -0.2) is 5.78 Å². The number of allylic oxidation sites excluding steroid dienone is 1. The van der Waals surface area contributed by atoms with Gasteiger partial charge in [-0.3, -0.25) is 4.79 Å². The van der Waals surface area contributed by atoms with Crippen molar-refractivity contribution >= 4 is 5.78 Å². The van der Waals surface area contributed by atoms with Crippen LogP contribution < -0.4 is 0 Å². The van der Waals surface area contributed by atoms with E-state index in [-0.39, 0.29) is 5.92 Å². The van der Waals surface area contributed by atoms with Gasteiger partial charge in [-0.25, -0.2) is 0 Å². The van der Waals surface area contributed by atoms with E-state index in [2.05, 4.69) is 32.6 Å². The molecule has 1 atom stereocenters. The highest BCUT2D eigenvalue weighted by molar-refractivity contribution is 5.79. The lowest BCUT2D eigenvalue weighted by atomic mass is 9.91. The Labute approximate surface area is 98.2 Å². The molecule has 0 spiro atoms. The summed E-state index contributed by atoms with van der Waals surface area (Å²) in [4.78, 5) is 11.7. The number of carbonyl (C=O) groups excluding carboxylic acids is 1. The summed E-state index contributed by atoms with van der Waals surface area (Å²) >= 11 is 0. The predicted octanol–water partition coefficient (Wildman–Crippen LogP) is 3.96. The van der Waals surface area contributed by atoms with Crippen LogP contribution in [-0.2, 0) is 4.79 Å². The summed E-state index contributed by atoms with van der Waals surface area (Å²) in [6.45, 7) is 7.96. The molecule has 0 fully saturated rings. The van der Waals surface area contributed by atoms with E-state index in [9.17, 15) is 4.79 Å². The van der Waals surface area contributed by atoms with Crippen LogP contribution in [0, 0.1) is 5.92 Å². The van der Waals surface area contributed by atoms with E-state index >= 15 is 0 Å². The quantitative estimate of drug-likeness (QED) is 0.658. The Bertz CT molecular complexity index is 338. The molecule has 0 aliphatic heterocycles. The number of carbonyl (C=O) groups is 1. The molecule has 0 saturated heterocycles. The molecule has 16 heavy (non-hydrogen) atoms. The van der Waals surface area contributed by atoms with Crippen molar-refractivity contribution in [2.75, 3.05) is 0 Å². The molecule has 0 N–H and O–H groups in total. The van der Waals surface area contributed by atoms with Crippen LogP contribution in [0.5, 0.6) is 0 Å². The number of hydrogen-bond donors (Lipinski definition) is 0. The zero-order valence-electron chi connectivity index (χ0n) is 10.1. The number of Topliss-reactive ketones (excluding diaryl/α,β-unsaturated/α-hetero) is 1. The van der Waals surface area contributed by atoms with Gasteiger partial charge in [0.2, 0.25) is 0 Å². The zero-order chi connectivity index (χ0) is 12.0. The second-order valence-electron chi connectivity index (χ2n) is 4.59. The fourth-order valence-electron chi connectivity index (χ4n) is 1.82. The maximum absolute atomic E-state index is 11.7. The van der Waals surface area contributed by atoms with E-state index in [4.69, 9.17) is 0 Å². The van der Waals surface area contributed by atoms with Gasteiger partial charge >= 0.3 is 0 Å².